The first-order chi connectivity index (χ1) is 6.47. The van der Waals surface area contributed by atoms with Gasteiger partial charge in [-0.15, -0.1) is 0 Å². The first-order valence-electron chi connectivity index (χ1n) is 4.65. The van der Waals surface area contributed by atoms with E-state index < -0.39 is 0 Å². The van der Waals surface area contributed by atoms with Crippen molar-refractivity contribution < 1.29 is 9.16 Å². The molecule has 1 aliphatic heterocycles. The van der Waals surface area contributed by atoms with Crippen LogP contribution < -0.4 is 0 Å². The molecule has 68 valence electrons. The number of rotatable bonds is 1. The summed E-state index contributed by atoms with van der Waals surface area (Å²) in [7, 11) is 0. The molecule has 2 rings (SSSR count). The Morgan fingerprint density at radius 2 is 1.92 bits per heavy atom. The molecule has 1 aromatic rings. The van der Waals surface area contributed by atoms with Crippen molar-refractivity contribution in [2.45, 2.75) is 12.8 Å². The summed E-state index contributed by atoms with van der Waals surface area (Å²) in [5.74, 6) is 0.679. The fourth-order valence-corrected chi connectivity index (χ4v) is 1.32. The molecule has 1 heterocycles. The standard InChI is InChI=1S/C11H13O2/c1-2-6-10(7-3-1)11-12-8-4-5-9-13-11/h1-3,6-7H,4-5,8-9H2/q+1. The van der Waals surface area contributed by atoms with Gasteiger partial charge in [-0.05, 0) is 12.1 Å². The lowest BCUT2D eigenvalue weighted by Crippen LogP contribution is -2.06. The molecule has 0 N–H and O–H groups in total. The van der Waals surface area contributed by atoms with E-state index in [4.69, 9.17) is 9.16 Å². The number of cyclic esters (lactones) is 1. The van der Waals surface area contributed by atoms with Gasteiger partial charge in [-0.1, -0.05) is 18.2 Å². The Labute approximate surface area is 77.8 Å². The number of carbonyl (C=O) groups excluding carboxylic acids is 1. The van der Waals surface area contributed by atoms with Crippen LogP contribution in [0, 0.1) is 0 Å². The van der Waals surface area contributed by atoms with Crippen molar-refractivity contribution in [3.63, 3.8) is 0 Å². The molecule has 0 aliphatic carbocycles. The largest absolute Gasteiger partial charge is 0.519 e. The molecular weight excluding hydrogens is 164 g/mol. The smallest absolute Gasteiger partial charge is 0.318 e. The lowest BCUT2D eigenvalue weighted by Gasteiger charge is -1.92. The van der Waals surface area contributed by atoms with Crippen LogP contribution in [0.2, 0.25) is 0 Å². The number of hydrogen-bond acceptors (Lipinski definition) is 1. The molecule has 0 atom stereocenters. The summed E-state index contributed by atoms with van der Waals surface area (Å²) in [6.07, 6.45) is 2.16. The van der Waals surface area contributed by atoms with Crippen molar-refractivity contribution in [2.24, 2.45) is 0 Å². The van der Waals surface area contributed by atoms with Crippen LogP contribution in [0.3, 0.4) is 0 Å². The third kappa shape index (κ3) is 2.08. The van der Waals surface area contributed by atoms with Crippen LogP contribution in [-0.4, -0.2) is 19.2 Å². The zero-order valence-electron chi connectivity index (χ0n) is 7.53. The van der Waals surface area contributed by atoms with Gasteiger partial charge in [0.25, 0.3) is 0 Å². The molecule has 2 heteroatoms. The summed E-state index contributed by atoms with van der Waals surface area (Å²) < 4.78 is 11.0. The third-order valence-corrected chi connectivity index (χ3v) is 2.01. The lowest BCUT2D eigenvalue weighted by molar-refractivity contribution is -0.279. The SMILES string of the molecule is c1ccc(C2=[O+]CCCCO2)cc1. The van der Waals surface area contributed by atoms with E-state index in [9.17, 15) is 0 Å². The van der Waals surface area contributed by atoms with E-state index in [0.717, 1.165) is 31.6 Å². The molecule has 0 amide bonds. The molecule has 0 aromatic heterocycles. The van der Waals surface area contributed by atoms with Gasteiger partial charge in [0.05, 0.1) is 0 Å². The van der Waals surface area contributed by atoms with E-state index in [2.05, 4.69) is 0 Å². The van der Waals surface area contributed by atoms with Crippen molar-refractivity contribution in [3.05, 3.63) is 35.9 Å². The molecule has 0 saturated carbocycles. The number of ether oxygens (including phenoxy) is 1. The first kappa shape index (κ1) is 8.30. The van der Waals surface area contributed by atoms with E-state index in [1.807, 2.05) is 30.3 Å². The highest BCUT2D eigenvalue weighted by Crippen LogP contribution is 2.06. The van der Waals surface area contributed by atoms with E-state index in [-0.39, 0.29) is 0 Å². The Bertz CT molecular complexity index is 290. The zero-order chi connectivity index (χ0) is 8.93. The fourth-order valence-electron chi connectivity index (χ4n) is 1.32. The number of hydrogen-bond donors (Lipinski definition) is 0. The van der Waals surface area contributed by atoms with Gasteiger partial charge in [0.15, 0.2) is 13.2 Å². The Morgan fingerprint density at radius 1 is 1.08 bits per heavy atom. The molecule has 1 aromatic carbocycles. The molecule has 2 nitrogen and oxygen atoms in total. The third-order valence-electron chi connectivity index (χ3n) is 2.01. The monoisotopic (exact) mass is 177 g/mol. The van der Waals surface area contributed by atoms with Crippen LogP contribution in [0.5, 0.6) is 0 Å². The van der Waals surface area contributed by atoms with Gasteiger partial charge in [0.1, 0.15) is 5.56 Å². The van der Waals surface area contributed by atoms with Gasteiger partial charge in [-0.3, -0.25) is 0 Å². The molecule has 0 spiro atoms. The first-order valence-corrected chi connectivity index (χ1v) is 4.65. The molecule has 0 radical (unpaired) electrons. The van der Waals surface area contributed by atoms with Crippen LogP contribution in [0.25, 0.3) is 0 Å². The summed E-state index contributed by atoms with van der Waals surface area (Å²) in [4.78, 5) is 0. The molecule has 1 aliphatic rings. The van der Waals surface area contributed by atoms with Crippen LogP contribution in [0.1, 0.15) is 22.8 Å². The maximum atomic E-state index is 5.48. The fraction of sp³-hybridized carbons (Fsp3) is 0.364. The van der Waals surface area contributed by atoms with Gasteiger partial charge >= 0.3 is 5.97 Å². The number of benzene rings is 1. The van der Waals surface area contributed by atoms with E-state index in [0.29, 0.717) is 5.97 Å². The average Bonchev–Trinajstić information content (AvgIpc) is 2.47. The van der Waals surface area contributed by atoms with Crippen LogP contribution >= 0.6 is 0 Å². The van der Waals surface area contributed by atoms with Gasteiger partial charge in [-0.2, -0.15) is 0 Å². The van der Waals surface area contributed by atoms with Gasteiger partial charge in [0, 0.05) is 12.8 Å². The summed E-state index contributed by atoms with van der Waals surface area (Å²) in [6, 6.07) is 9.96. The molecule has 0 unspecified atom stereocenters. The van der Waals surface area contributed by atoms with Crippen molar-refractivity contribution in [2.75, 3.05) is 13.2 Å². The Hall–Kier alpha value is -1.31. The summed E-state index contributed by atoms with van der Waals surface area (Å²) in [5, 5.41) is 0. The molecular formula is C11H13O2+. The second kappa shape index (κ2) is 4.08. The van der Waals surface area contributed by atoms with Crippen LogP contribution in [-0.2, 0) is 4.74 Å². The minimum atomic E-state index is 0.679. The van der Waals surface area contributed by atoms with Crippen molar-refractivity contribution in [1.29, 1.82) is 0 Å². The predicted octanol–water partition coefficient (Wildman–Crippen LogP) is 2.17. The lowest BCUT2D eigenvalue weighted by atomic mass is 10.2. The maximum absolute atomic E-state index is 5.48. The highest BCUT2D eigenvalue weighted by atomic mass is 16.6. The quantitative estimate of drug-likeness (QED) is 0.475. The molecule has 0 bridgehead atoms. The summed E-state index contributed by atoms with van der Waals surface area (Å²) >= 11 is 0. The van der Waals surface area contributed by atoms with Gasteiger partial charge < -0.3 is 9.16 Å². The second-order valence-electron chi connectivity index (χ2n) is 3.06. The molecule has 13 heavy (non-hydrogen) atoms. The molecule has 0 saturated heterocycles. The topological polar surface area (TPSA) is 20.5 Å². The van der Waals surface area contributed by atoms with Crippen molar-refractivity contribution in [1.82, 2.24) is 0 Å². The van der Waals surface area contributed by atoms with Crippen molar-refractivity contribution in [3.8, 4) is 0 Å². The second-order valence-corrected chi connectivity index (χ2v) is 3.06. The van der Waals surface area contributed by atoms with Gasteiger partial charge in [0.2, 0.25) is 0 Å². The highest BCUT2D eigenvalue weighted by Gasteiger charge is 2.19. The van der Waals surface area contributed by atoms with Crippen molar-refractivity contribution >= 4 is 5.97 Å². The predicted molar refractivity (Wildman–Crippen MR) is 50.8 cm³/mol. The normalized spacial score (nSPS) is 17.1. The Balaban J connectivity index is 2.19. The minimum absolute atomic E-state index is 0.679. The Morgan fingerprint density at radius 3 is 2.77 bits per heavy atom. The zero-order valence-corrected chi connectivity index (χ0v) is 7.53. The highest BCUT2D eigenvalue weighted by molar-refractivity contribution is 5.89. The van der Waals surface area contributed by atoms with Gasteiger partial charge in [-0.25, -0.2) is 0 Å². The molecule has 0 fully saturated rings. The Kier molecular flexibility index (Phi) is 2.60. The van der Waals surface area contributed by atoms with E-state index >= 15 is 0 Å². The summed E-state index contributed by atoms with van der Waals surface area (Å²) in [5.41, 5.74) is 1.03. The average molecular weight is 177 g/mol. The van der Waals surface area contributed by atoms with Crippen LogP contribution in [0.15, 0.2) is 30.3 Å². The van der Waals surface area contributed by atoms with E-state index in [1.165, 1.54) is 0 Å². The summed E-state index contributed by atoms with van der Waals surface area (Å²) in [6.45, 7) is 1.54. The van der Waals surface area contributed by atoms with E-state index in [1.54, 1.807) is 0 Å². The maximum Gasteiger partial charge on any atom is 0.519 e. The van der Waals surface area contributed by atoms with Crippen LogP contribution in [0.4, 0.5) is 0 Å². The minimum Gasteiger partial charge on any atom is -0.318 e. The number of esters is 1.